The van der Waals surface area contributed by atoms with E-state index in [1.54, 1.807) is 0 Å². The molecule has 2 aromatic heterocycles. The number of hydrogen-bond acceptors (Lipinski definition) is 6. The monoisotopic (exact) mass is 782 g/mol. The summed E-state index contributed by atoms with van der Waals surface area (Å²) in [6.07, 6.45) is 2.85. The summed E-state index contributed by atoms with van der Waals surface area (Å²) in [6, 6.07) is 62.6. The summed E-state index contributed by atoms with van der Waals surface area (Å²) in [5.74, 6) is 7.23. The lowest BCUT2D eigenvalue weighted by Crippen LogP contribution is -2.65. The molecule has 3 aliphatic rings. The van der Waals surface area contributed by atoms with E-state index in [1.807, 2.05) is 72.8 Å². The average Bonchev–Trinajstić information content (AvgIpc) is 3.34. The largest absolute Gasteiger partial charge is 0.228 e. The maximum absolute atomic E-state index is 9.31. The number of benzene rings is 7. The van der Waals surface area contributed by atoms with E-state index in [2.05, 4.69) is 109 Å². The Balaban J connectivity index is 0.897. The van der Waals surface area contributed by atoms with Crippen molar-refractivity contribution in [3.05, 3.63) is 187 Å². The first-order chi connectivity index (χ1) is 30.1. The van der Waals surface area contributed by atoms with Crippen LogP contribution in [-0.2, 0) is 0 Å². The molecule has 2 atom stereocenters. The van der Waals surface area contributed by atoms with Crippen LogP contribution in [0.25, 0.3) is 90.0 Å². The van der Waals surface area contributed by atoms with Crippen molar-refractivity contribution in [1.29, 1.82) is 5.26 Å². The second-order valence-corrected chi connectivity index (χ2v) is 16.8. The third-order valence-electron chi connectivity index (χ3n) is 13.5. The zero-order valence-electron chi connectivity index (χ0n) is 33.2. The molecule has 0 saturated heterocycles. The van der Waals surface area contributed by atoms with Gasteiger partial charge in [-0.05, 0) is 106 Å². The van der Waals surface area contributed by atoms with Crippen molar-refractivity contribution in [1.82, 2.24) is 24.9 Å². The molecular formula is C55H38N6. The van der Waals surface area contributed by atoms with Gasteiger partial charge in [-0.3, -0.25) is 0 Å². The molecule has 3 fully saturated rings. The molecule has 0 radical (unpaired) electrons. The number of fused-ring (bicyclic) bond motifs is 1. The summed E-state index contributed by atoms with van der Waals surface area (Å²) in [6.45, 7) is 0. The summed E-state index contributed by atoms with van der Waals surface area (Å²) < 4.78 is 0. The van der Waals surface area contributed by atoms with Crippen molar-refractivity contribution in [2.75, 3.05) is 0 Å². The first-order valence-corrected chi connectivity index (χ1v) is 21.1. The van der Waals surface area contributed by atoms with Gasteiger partial charge in [-0.2, -0.15) is 5.26 Å². The molecule has 6 heteroatoms. The summed E-state index contributed by atoms with van der Waals surface area (Å²) in [4.78, 5) is 25.4. The van der Waals surface area contributed by atoms with Gasteiger partial charge in [0.2, 0.25) is 0 Å². The van der Waals surface area contributed by atoms with Crippen molar-refractivity contribution >= 4 is 10.8 Å². The minimum Gasteiger partial charge on any atom is -0.228 e. The number of aromatic nitrogens is 5. The van der Waals surface area contributed by atoms with Gasteiger partial charge in [0.15, 0.2) is 23.3 Å². The summed E-state index contributed by atoms with van der Waals surface area (Å²) in [5.41, 5.74) is 11.7. The summed E-state index contributed by atoms with van der Waals surface area (Å²) in [7, 11) is 0. The highest BCUT2D eigenvalue weighted by Crippen LogP contribution is 2.75. The smallest absolute Gasteiger partial charge is 0.164 e. The maximum Gasteiger partial charge on any atom is 0.164 e. The van der Waals surface area contributed by atoms with Crippen LogP contribution in [0.4, 0.5) is 0 Å². The summed E-state index contributed by atoms with van der Waals surface area (Å²) in [5, 5.41) is 11.5. The van der Waals surface area contributed by atoms with E-state index in [0.717, 1.165) is 96.3 Å². The van der Waals surface area contributed by atoms with Gasteiger partial charge in [-0.15, -0.1) is 0 Å². The molecule has 0 aliphatic heterocycles. The average molecular weight is 783 g/mol. The molecule has 288 valence electrons. The second-order valence-electron chi connectivity index (χ2n) is 16.8. The molecule has 61 heavy (non-hydrogen) atoms. The van der Waals surface area contributed by atoms with E-state index in [0.29, 0.717) is 28.9 Å². The topological polar surface area (TPSA) is 88.2 Å². The van der Waals surface area contributed by atoms with Crippen molar-refractivity contribution < 1.29 is 0 Å². The molecule has 2 heterocycles. The fourth-order valence-corrected chi connectivity index (χ4v) is 10.3. The van der Waals surface area contributed by atoms with E-state index < -0.39 is 0 Å². The van der Waals surface area contributed by atoms with Gasteiger partial charge in [0.05, 0.1) is 23.0 Å². The third kappa shape index (κ3) is 6.20. The van der Waals surface area contributed by atoms with Crippen LogP contribution in [0.1, 0.15) is 29.9 Å². The van der Waals surface area contributed by atoms with Crippen LogP contribution < -0.4 is 0 Å². The van der Waals surface area contributed by atoms with Crippen molar-refractivity contribution in [3.63, 3.8) is 0 Å². The molecule has 0 N–H and O–H groups in total. The highest BCUT2D eigenvalue weighted by molar-refractivity contribution is 5.90. The summed E-state index contributed by atoms with van der Waals surface area (Å²) >= 11 is 0. The predicted octanol–water partition coefficient (Wildman–Crippen LogP) is 12.7. The van der Waals surface area contributed by atoms with Gasteiger partial charge in [-0.1, -0.05) is 140 Å². The van der Waals surface area contributed by atoms with Gasteiger partial charge >= 0.3 is 0 Å². The molecule has 0 bridgehead atoms. The van der Waals surface area contributed by atoms with Crippen molar-refractivity contribution in [3.8, 4) is 85.3 Å². The Morgan fingerprint density at radius 3 is 1.46 bits per heavy atom. The van der Waals surface area contributed by atoms with Crippen LogP contribution in [0.15, 0.2) is 176 Å². The molecule has 12 rings (SSSR count). The van der Waals surface area contributed by atoms with Gasteiger partial charge in [0.25, 0.3) is 0 Å². The molecule has 6 nitrogen and oxygen atoms in total. The molecule has 3 aliphatic carbocycles. The van der Waals surface area contributed by atoms with Gasteiger partial charge in [-0.25, -0.2) is 24.9 Å². The highest BCUT2D eigenvalue weighted by atomic mass is 15.0. The Morgan fingerprint density at radius 2 is 0.869 bits per heavy atom. The van der Waals surface area contributed by atoms with Crippen LogP contribution in [0, 0.1) is 35.0 Å². The lowest BCUT2D eigenvalue weighted by Gasteiger charge is -2.73. The Kier molecular flexibility index (Phi) is 8.28. The van der Waals surface area contributed by atoms with Gasteiger partial charge < -0.3 is 0 Å². The minimum atomic E-state index is 0.638. The first kappa shape index (κ1) is 35.3. The standard InChI is InChI=1S/C55H38N6/c56-32-33-14-16-34(17-15-33)39-12-7-13-42(26-39)48-31-49(58-52(57-48)36-8-3-1-4-9-36)43-24-22-41-28-44(25-23-40(41)27-43)55-60-53(37-10-5-2-6-11-37)59-54(61-55)38-20-18-35(19-21-38)50-46-29-45-30-47(50)51(45)46/h1-28,31,45-47,50-51H,29-30H2. The molecule has 7 aromatic carbocycles. The highest BCUT2D eigenvalue weighted by Gasteiger charge is 2.67. The molecule has 0 amide bonds. The van der Waals surface area contributed by atoms with Crippen LogP contribution >= 0.6 is 0 Å². The Morgan fingerprint density at radius 1 is 0.393 bits per heavy atom. The fourth-order valence-electron chi connectivity index (χ4n) is 10.3. The van der Waals surface area contributed by atoms with Gasteiger partial charge in [0.1, 0.15) is 0 Å². The van der Waals surface area contributed by atoms with E-state index >= 15 is 0 Å². The lowest BCUT2D eigenvalue weighted by atomic mass is 9.31. The van der Waals surface area contributed by atoms with E-state index in [1.165, 1.54) is 18.4 Å². The molecule has 9 aromatic rings. The predicted molar refractivity (Wildman–Crippen MR) is 242 cm³/mol. The van der Waals surface area contributed by atoms with E-state index in [-0.39, 0.29) is 0 Å². The van der Waals surface area contributed by atoms with Crippen LogP contribution in [0.2, 0.25) is 0 Å². The van der Waals surface area contributed by atoms with Crippen molar-refractivity contribution in [2.24, 2.45) is 23.7 Å². The zero-order valence-corrected chi connectivity index (χ0v) is 33.2. The van der Waals surface area contributed by atoms with Crippen molar-refractivity contribution in [2.45, 2.75) is 18.8 Å². The van der Waals surface area contributed by atoms with Crippen LogP contribution in [0.3, 0.4) is 0 Å². The maximum atomic E-state index is 9.31. The Hall–Kier alpha value is -7.62. The number of nitrogens with zero attached hydrogens (tertiary/aromatic N) is 6. The number of hydrogen-bond donors (Lipinski definition) is 0. The fraction of sp³-hybridized carbons (Fsp3) is 0.127. The molecule has 2 unspecified atom stereocenters. The zero-order chi connectivity index (χ0) is 40.4. The van der Waals surface area contributed by atoms with Crippen LogP contribution in [-0.4, -0.2) is 24.9 Å². The SMILES string of the molecule is N#Cc1ccc(-c2cccc(-c3cc(-c4ccc5cc(-c6nc(-c7ccccc7)nc(-c7ccc(C8C9CC%10CC8C%109)cc7)n6)ccc5c4)nc(-c4ccccc4)n3)c2)cc1. The Labute approximate surface area is 354 Å². The van der Waals surface area contributed by atoms with Crippen LogP contribution in [0.5, 0.6) is 0 Å². The molecular weight excluding hydrogens is 745 g/mol. The quantitative estimate of drug-likeness (QED) is 0.152. The third-order valence-corrected chi connectivity index (χ3v) is 13.5. The molecule has 3 saturated carbocycles. The minimum absolute atomic E-state index is 0.638. The Bertz CT molecular complexity index is 3160. The van der Waals surface area contributed by atoms with Gasteiger partial charge in [0, 0.05) is 33.4 Å². The van der Waals surface area contributed by atoms with E-state index in [4.69, 9.17) is 24.9 Å². The number of nitriles is 1. The lowest BCUT2D eigenvalue weighted by molar-refractivity contribution is -0.214. The second kappa shape index (κ2) is 14.3. The normalized spacial score (nSPS) is 19.5. The first-order valence-electron chi connectivity index (χ1n) is 21.1. The van der Waals surface area contributed by atoms with E-state index in [9.17, 15) is 5.26 Å². The number of rotatable bonds is 8. The molecule has 0 spiro atoms.